The van der Waals surface area contributed by atoms with Crippen LogP contribution >= 0.6 is 0 Å². The summed E-state index contributed by atoms with van der Waals surface area (Å²) in [6.07, 6.45) is 1.61. The zero-order valence-electron chi connectivity index (χ0n) is 17.2. The van der Waals surface area contributed by atoms with E-state index in [9.17, 15) is 14.0 Å². The van der Waals surface area contributed by atoms with Crippen molar-refractivity contribution in [1.29, 1.82) is 0 Å². The van der Waals surface area contributed by atoms with Gasteiger partial charge in [0.05, 0.1) is 12.2 Å². The first-order chi connectivity index (χ1) is 14.3. The topological polar surface area (TPSA) is 95.0 Å². The smallest absolute Gasteiger partial charge is 0.346 e. The molecule has 2 aromatic heterocycles. The molecule has 4 rings (SSSR count). The van der Waals surface area contributed by atoms with Gasteiger partial charge in [-0.1, -0.05) is 11.2 Å². The third kappa shape index (κ3) is 3.79. The second-order valence-corrected chi connectivity index (χ2v) is 7.79. The highest BCUT2D eigenvalue weighted by Crippen LogP contribution is 2.21. The van der Waals surface area contributed by atoms with Gasteiger partial charge in [0, 0.05) is 30.1 Å². The van der Waals surface area contributed by atoms with Gasteiger partial charge < -0.3 is 9.84 Å². The first kappa shape index (κ1) is 20.1. The van der Waals surface area contributed by atoms with Crippen LogP contribution in [0.15, 0.2) is 27.5 Å². The number of aryl methyl sites for hydroxylation is 4. The molecule has 1 atom stereocenters. The van der Waals surface area contributed by atoms with Crippen LogP contribution in [-0.2, 0) is 24.3 Å². The van der Waals surface area contributed by atoms with E-state index < -0.39 is 0 Å². The van der Waals surface area contributed by atoms with Gasteiger partial charge in [-0.25, -0.2) is 13.9 Å². The van der Waals surface area contributed by atoms with E-state index in [2.05, 4.69) is 15.6 Å². The molecule has 3 aromatic rings. The highest BCUT2D eigenvalue weighted by molar-refractivity contribution is 5.92. The number of hydrogen-bond acceptors (Lipinski definition) is 5. The Bertz CT molecular complexity index is 1140. The van der Waals surface area contributed by atoms with Gasteiger partial charge in [0.15, 0.2) is 0 Å². The number of benzene rings is 1. The molecule has 1 aromatic carbocycles. The van der Waals surface area contributed by atoms with Crippen molar-refractivity contribution in [2.24, 2.45) is 5.92 Å². The first-order valence-electron chi connectivity index (χ1n) is 9.98. The Morgan fingerprint density at radius 3 is 2.80 bits per heavy atom. The Hall–Kier alpha value is -3.23. The molecule has 0 radical (unpaired) electrons. The number of aromatic nitrogens is 4. The van der Waals surface area contributed by atoms with E-state index in [0.29, 0.717) is 55.2 Å². The minimum absolute atomic E-state index is 0.167. The van der Waals surface area contributed by atoms with Gasteiger partial charge in [0.1, 0.15) is 17.4 Å². The summed E-state index contributed by atoms with van der Waals surface area (Å²) >= 11 is 0. The summed E-state index contributed by atoms with van der Waals surface area (Å²) in [6, 6.07) is 4.64. The molecule has 0 saturated carbocycles. The van der Waals surface area contributed by atoms with E-state index >= 15 is 0 Å². The fraction of sp³-hybridized carbons (Fsp3) is 0.429. The summed E-state index contributed by atoms with van der Waals surface area (Å²) < 4.78 is 22.0. The number of anilines is 1. The van der Waals surface area contributed by atoms with Gasteiger partial charge in [-0.3, -0.25) is 9.36 Å². The third-order valence-corrected chi connectivity index (χ3v) is 5.72. The molecule has 1 aliphatic heterocycles. The van der Waals surface area contributed by atoms with E-state index in [1.807, 2.05) is 13.8 Å². The van der Waals surface area contributed by atoms with E-state index in [4.69, 9.17) is 4.52 Å². The summed E-state index contributed by atoms with van der Waals surface area (Å²) in [5.74, 6) is 0.550. The number of fused-ring (bicyclic) bond motifs is 1. The Morgan fingerprint density at radius 2 is 2.10 bits per heavy atom. The predicted molar refractivity (Wildman–Crippen MR) is 108 cm³/mol. The standard InChI is InChI=1S/C21H24FN5O3/c1-12-4-6-16(10-18(12)22)23-20(28)15-5-7-19-24-27(21(29)26(19)9-8-15)11-17-13(2)25-30-14(17)3/h4,6,10,15H,5,7-9,11H2,1-3H3,(H,23,28). The number of halogens is 1. The molecule has 1 N–H and O–H groups in total. The number of carbonyl (C=O) groups is 1. The van der Waals surface area contributed by atoms with E-state index in [1.165, 1.54) is 10.7 Å². The summed E-state index contributed by atoms with van der Waals surface area (Å²) in [7, 11) is 0. The SMILES string of the molecule is Cc1ccc(NC(=O)C2CCc3nn(Cc4c(C)noc4C)c(=O)n3CC2)cc1F. The molecule has 0 spiro atoms. The molecule has 8 nitrogen and oxygen atoms in total. The second-order valence-electron chi connectivity index (χ2n) is 7.79. The van der Waals surface area contributed by atoms with Crippen LogP contribution in [0.4, 0.5) is 10.1 Å². The van der Waals surface area contributed by atoms with Crippen LogP contribution in [-0.4, -0.2) is 25.4 Å². The lowest BCUT2D eigenvalue weighted by Crippen LogP contribution is -2.28. The largest absolute Gasteiger partial charge is 0.361 e. The molecular formula is C21H24FN5O3. The molecule has 0 fully saturated rings. The summed E-state index contributed by atoms with van der Waals surface area (Å²) in [5, 5.41) is 11.2. The average molecular weight is 413 g/mol. The van der Waals surface area contributed by atoms with Crippen LogP contribution in [0, 0.1) is 32.5 Å². The van der Waals surface area contributed by atoms with Crippen LogP contribution in [0.3, 0.4) is 0 Å². The fourth-order valence-electron chi connectivity index (χ4n) is 3.79. The summed E-state index contributed by atoms with van der Waals surface area (Å²) in [6.45, 7) is 6.04. The predicted octanol–water partition coefficient (Wildman–Crippen LogP) is 2.74. The molecule has 1 amide bonds. The lowest BCUT2D eigenvalue weighted by Gasteiger charge is -2.14. The zero-order chi connectivity index (χ0) is 21.4. The minimum Gasteiger partial charge on any atom is -0.361 e. The molecule has 1 aliphatic rings. The normalized spacial score (nSPS) is 16.2. The number of hydrogen-bond donors (Lipinski definition) is 1. The van der Waals surface area contributed by atoms with Crippen LogP contribution in [0.5, 0.6) is 0 Å². The molecule has 0 saturated heterocycles. The quantitative estimate of drug-likeness (QED) is 0.710. The first-order valence-corrected chi connectivity index (χ1v) is 9.98. The van der Waals surface area contributed by atoms with E-state index in [0.717, 1.165) is 11.3 Å². The van der Waals surface area contributed by atoms with Crippen molar-refractivity contribution in [3.05, 3.63) is 62.9 Å². The van der Waals surface area contributed by atoms with Gasteiger partial charge in [0.2, 0.25) is 5.91 Å². The molecule has 158 valence electrons. The maximum atomic E-state index is 13.7. The monoisotopic (exact) mass is 413 g/mol. The van der Waals surface area contributed by atoms with Gasteiger partial charge >= 0.3 is 5.69 Å². The van der Waals surface area contributed by atoms with Crippen LogP contribution in [0.2, 0.25) is 0 Å². The number of carbonyl (C=O) groups excluding carboxylic acids is 1. The van der Waals surface area contributed by atoms with Crippen LogP contribution in [0.1, 0.15) is 41.2 Å². The molecular weight excluding hydrogens is 389 g/mol. The van der Waals surface area contributed by atoms with Gasteiger partial charge in [0.25, 0.3) is 0 Å². The molecule has 1 unspecified atom stereocenters. The lowest BCUT2D eigenvalue weighted by molar-refractivity contribution is -0.120. The summed E-state index contributed by atoms with van der Waals surface area (Å²) in [5.41, 5.74) is 2.36. The Balaban J connectivity index is 1.45. The van der Waals surface area contributed by atoms with Crippen molar-refractivity contribution in [3.8, 4) is 0 Å². The van der Waals surface area contributed by atoms with Gasteiger partial charge in [-0.2, -0.15) is 5.10 Å². The van der Waals surface area contributed by atoms with Crippen molar-refractivity contribution < 1.29 is 13.7 Å². The van der Waals surface area contributed by atoms with Crippen molar-refractivity contribution in [1.82, 2.24) is 19.5 Å². The number of rotatable bonds is 4. The van der Waals surface area contributed by atoms with Crippen molar-refractivity contribution >= 4 is 11.6 Å². The number of nitrogens with zero attached hydrogens (tertiary/aromatic N) is 4. The van der Waals surface area contributed by atoms with Crippen molar-refractivity contribution in [2.75, 3.05) is 5.32 Å². The highest BCUT2D eigenvalue weighted by atomic mass is 19.1. The molecule has 3 heterocycles. The lowest BCUT2D eigenvalue weighted by atomic mass is 9.99. The fourth-order valence-corrected chi connectivity index (χ4v) is 3.79. The van der Waals surface area contributed by atoms with Gasteiger partial charge in [-0.15, -0.1) is 0 Å². The molecule has 0 aliphatic carbocycles. The maximum Gasteiger partial charge on any atom is 0.346 e. The van der Waals surface area contributed by atoms with Gasteiger partial charge in [-0.05, 0) is 51.3 Å². The highest BCUT2D eigenvalue weighted by Gasteiger charge is 2.26. The zero-order valence-corrected chi connectivity index (χ0v) is 17.2. The second kappa shape index (κ2) is 7.89. The number of nitrogens with one attached hydrogen (secondary N) is 1. The summed E-state index contributed by atoms with van der Waals surface area (Å²) in [4.78, 5) is 25.5. The van der Waals surface area contributed by atoms with Crippen LogP contribution in [0.25, 0.3) is 0 Å². The van der Waals surface area contributed by atoms with E-state index in [1.54, 1.807) is 23.6 Å². The maximum absolute atomic E-state index is 13.7. The van der Waals surface area contributed by atoms with Crippen molar-refractivity contribution in [3.63, 3.8) is 0 Å². The molecule has 0 bridgehead atoms. The van der Waals surface area contributed by atoms with Crippen molar-refractivity contribution in [2.45, 2.75) is 53.1 Å². The number of amides is 1. The Labute approximate surface area is 172 Å². The Kier molecular flexibility index (Phi) is 5.27. The van der Waals surface area contributed by atoms with Crippen LogP contribution < -0.4 is 11.0 Å². The molecule has 30 heavy (non-hydrogen) atoms. The minimum atomic E-state index is -0.354. The third-order valence-electron chi connectivity index (χ3n) is 5.72. The average Bonchev–Trinajstić information content (AvgIpc) is 3.08. The van der Waals surface area contributed by atoms with E-state index in [-0.39, 0.29) is 23.3 Å². The Morgan fingerprint density at radius 1 is 1.30 bits per heavy atom. The molecule has 9 heteroatoms.